The number of carbonyl (C=O) groups is 2. The highest BCUT2D eigenvalue weighted by atomic mass is 32.2. The van der Waals surface area contributed by atoms with Crippen molar-refractivity contribution in [2.75, 3.05) is 18.0 Å². The lowest BCUT2D eigenvalue weighted by Gasteiger charge is -2.26. The van der Waals surface area contributed by atoms with Gasteiger partial charge in [-0.25, -0.2) is 13.2 Å². The number of carbonyl (C=O) groups excluding carboxylic acids is 1. The Morgan fingerprint density at radius 2 is 1.69 bits per heavy atom. The fourth-order valence-electron chi connectivity index (χ4n) is 2.52. The Labute approximate surface area is 151 Å². The number of para-hydroxylation sites is 1. The molecule has 2 rings (SSSR count). The van der Waals surface area contributed by atoms with Crippen LogP contribution in [0.25, 0.3) is 0 Å². The minimum absolute atomic E-state index is 0.306. The van der Waals surface area contributed by atoms with E-state index in [1.54, 1.807) is 24.3 Å². The van der Waals surface area contributed by atoms with Crippen LogP contribution in [-0.2, 0) is 26.0 Å². The Morgan fingerprint density at radius 3 is 2.31 bits per heavy atom. The van der Waals surface area contributed by atoms with Gasteiger partial charge in [0.15, 0.2) is 0 Å². The number of sulfonamides is 1. The summed E-state index contributed by atoms with van der Waals surface area (Å²) >= 11 is 0. The molecule has 0 heterocycles. The summed E-state index contributed by atoms with van der Waals surface area (Å²) < 4.78 is 32.0. The van der Waals surface area contributed by atoms with Crippen molar-refractivity contribution in [1.29, 1.82) is 0 Å². The maximum absolute atomic E-state index is 13.2. The van der Waals surface area contributed by atoms with Crippen LogP contribution in [0.2, 0.25) is 0 Å². The van der Waals surface area contributed by atoms with Gasteiger partial charge in [-0.15, -0.1) is 0 Å². The lowest BCUT2D eigenvalue weighted by Crippen LogP contribution is -2.37. The molecule has 0 spiro atoms. The normalized spacial score (nSPS) is 11.0. The van der Waals surface area contributed by atoms with E-state index >= 15 is 0 Å². The minimum Gasteiger partial charge on any atom is -0.478 e. The summed E-state index contributed by atoms with van der Waals surface area (Å²) in [5.74, 6) is -2.13. The van der Waals surface area contributed by atoms with Crippen molar-refractivity contribution in [1.82, 2.24) is 0 Å². The zero-order valence-electron chi connectivity index (χ0n) is 14.4. The maximum Gasteiger partial charge on any atom is 0.337 e. The highest BCUT2D eigenvalue weighted by Crippen LogP contribution is 2.29. The van der Waals surface area contributed by atoms with Crippen LogP contribution in [-0.4, -0.2) is 39.1 Å². The number of ether oxygens (including phenoxy) is 1. The third kappa shape index (κ3) is 3.85. The van der Waals surface area contributed by atoms with Gasteiger partial charge < -0.3 is 9.84 Å². The number of esters is 1. The molecular weight excluding hydrogens is 358 g/mol. The molecule has 0 aromatic heterocycles. The summed E-state index contributed by atoms with van der Waals surface area (Å²) in [6.07, 6.45) is 0.532. The van der Waals surface area contributed by atoms with Crippen LogP contribution >= 0.6 is 0 Å². The van der Waals surface area contributed by atoms with E-state index in [9.17, 15) is 23.1 Å². The van der Waals surface area contributed by atoms with E-state index in [0.717, 1.165) is 11.4 Å². The number of hydrogen-bond donors (Lipinski definition) is 1. The van der Waals surface area contributed by atoms with Crippen molar-refractivity contribution in [3.63, 3.8) is 0 Å². The van der Waals surface area contributed by atoms with Crippen molar-refractivity contribution < 1.29 is 27.9 Å². The number of carboxylic acids is 1. The van der Waals surface area contributed by atoms with Gasteiger partial charge in [-0.3, -0.25) is 9.10 Å². The van der Waals surface area contributed by atoms with Crippen LogP contribution in [0.15, 0.2) is 53.4 Å². The number of anilines is 1. The maximum atomic E-state index is 13.2. The second kappa shape index (κ2) is 8.01. The van der Waals surface area contributed by atoms with Crippen LogP contribution in [0.4, 0.5) is 5.69 Å². The monoisotopic (exact) mass is 377 g/mol. The first-order valence-electron chi connectivity index (χ1n) is 7.82. The van der Waals surface area contributed by atoms with Gasteiger partial charge in [-0.2, -0.15) is 0 Å². The summed E-state index contributed by atoms with van der Waals surface area (Å²) in [5.41, 5.74) is 0.643. The highest BCUT2D eigenvalue weighted by Gasteiger charge is 2.32. The molecule has 0 aliphatic heterocycles. The second-order valence-corrected chi connectivity index (χ2v) is 7.20. The Balaban J connectivity index is 2.69. The van der Waals surface area contributed by atoms with Crippen LogP contribution in [0.1, 0.15) is 22.8 Å². The van der Waals surface area contributed by atoms with Gasteiger partial charge in [-0.1, -0.05) is 37.3 Å². The van der Waals surface area contributed by atoms with Crippen LogP contribution in [0.3, 0.4) is 0 Å². The first kappa shape index (κ1) is 19.5. The average Bonchev–Trinajstić information content (AvgIpc) is 2.65. The molecule has 0 fully saturated rings. The molecule has 8 heteroatoms. The molecule has 26 heavy (non-hydrogen) atoms. The summed E-state index contributed by atoms with van der Waals surface area (Å²) in [6.45, 7) is 1.29. The van der Waals surface area contributed by atoms with Gasteiger partial charge >= 0.3 is 11.9 Å². The Hall–Kier alpha value is -2.87. The quantitative estimate of drug-likeness (QED) is 0.743. The van der Waals surface area contributed by atoms with Crippen LogP contribution in [0.5, 0.6) is 0 Å². The van der Waals surface area contributed by atoms with Crippen molar-refractivity contribution in [3.05, 3.63) is 59.7 Å². The van der Waals surface area contributed by atoms with Gasteiger partial charge in [0.2, 0.25) is 0 Å². The molecule has 0 amide bonds. The van der Waals surface area contributed by atoms with E-state index in [0.29, 0.717) is 17.7 Å². The van der Waals surface area contributed by atoms with Gasteiger partial charge in [0.1, 0.15) is 11.4 Å². The van der Waals surface area contributed by atoms with Gasteiger partial charge in [0.25, 0.3) is 10.0 Å². The Bertz CT molecular complexity index is 923. The van der Waals surface area contributed by atoms with E-state index in [2.05, 4.69) is 4.74 Å². The van der Waals surface area contributed by atoms with Crippen molar-refractivity contribution >= 4 is 27.6 Å². The Morgan fingerprint density at radius 1 is 1.08 bits per heavy atom. The molecule has 2 aromatic rings. The molecule has 0 saturated carbocycles. The molecule has 0 unspecified atom stereocenters. The molecule has 138 valence electrons. The number of aryl methyl sites for hydroxylation is 1. The third-order valence-corrected chi connectivity index (χ3v) is 5.64. The molecule has 2 aromatic carbocycles. The van der Waals surface area contributed by atoms with E-state index in [1.807, 2.05) is 6.92 Å². The van der Waals surface area contributed by atoms with Crippen molar-refractivity contribution in [2.45, 2.75) is 18.2 Å². The summed E-state index contributed by atoms with van der Waals surface area (Å²) in [6, 6.07) is 12.0. The zero-order valence-corrected chi connectivity index (χ0v) is 15.2. The van der Waals surface area contributed by atoms with E-state index in [1.165, 1.54) is 24.3 Å². The fourth-order valence-corrected chi connectivity index (χ4v) is 4.16. The molecule has 0 saturated heterocycles. The predicted octanol–water partition coefficient (Wildman–Crippen LogP) is 2.32. The molecular formula is C18H19NO6S. The van der Waals surface area contributed by atoms with Crippen LogP contribution in [0, 0.1) is 0 Å². The molecule has 0 aliphatic rings. The fraction of sp³-hybridized carbons (Fsp3) is 0.222. The SMILES string of the molecule is CCc1ccccc1N(CC(=O)OC)S(=O)(=O)c1ccccc1C(=O)O. The lowest BCUT2D eigenvalue weighted by atomic mass is 10.1. The first-order valence-corrected chi connectivity index (χ1v) is 9.26. The number of methoxy groups -OCH3 is 1. The average molecular weight is 377 g/mol. The third-order valence-electron chi connectivity index (χ3n) is 3.83. The number of benzene rings is 2. The number of nitrogens with zero attached hydrogens (tertiary/aromatic N) is 1. The largest absolute Gasteiger partial charge is 0.478 e. The number of aromatic carboxylic acids is 1. The zero-order chi connectivity index (χ0) is 19.3. The highest BCUT2D eigenvalue weighted by molar-refractivity contribution is 7.93. The van der Waals surface area contributed by atoms with Crippen LogP contribution < -0.4 is 4.31 Å². The molecule has 7 nitrogen and oxygen atoms in total. The van der Waals surface area contributed by atoms with Crippen molar-refractivity contribution in [2.24, 2.45) is 0 Å². The van der Waals surface area contributed by atoms with E-state index in [4.69, 9.17) is 0 Å². The Kier molecular flexibility index (Phi) is 5.99. The topological polar surface area (TPSA) is 101 Å². The molecule has 1 N–H and O–H groups in total. The lowest BCUT2D eigenvalue weighted by molar-refractivity contribution is -0.138. The summed E-state index contributed by atoms with van der Waals surface area (Å²) in [7, 11) is -3.16. The van der Waals surface area contributed by atoms with Gasteiger partial charge in [0, 0.05) is 0 Å². The minimum atomic E-state index is -4.32. The standard InChI is InChI=1S/C18H19NO6S/c1-3-13-8-4-6-10-15(13)19(12-17(20)25-2)26(23,24)16-11-7-5-9-14(16)18(21)22/h4-11H,3,12H2,1-2H3,(H,21,22). The molecule has 0 radical (unpaired) electrons. The molecule has 0 aliphatic carbocycles. The number of rotatable bonds is 7. The summed E-state index contributed by atoms with van der Waals surface area (Å²) in [4.78, 5) is 22.9. The summed E-state index contributed by atoms with van der Waals surface area (Å²) in [5, 5.41) is 9.34. The number of carboxylic acid groups (broad SMARTS) is 1. The second-order valence-electron chi connectivity index (χ2n) is 5.37. The van der Waals surface area contributed by atoms with Crippen molar-refractivity contribution in [3.8, 4) is 0 Å². The van der Waals surface area contributed by atoms with Gasteiger partial charge in [0.05, 0.1) is 18.4 Å². The molecule has 0 bridgehead atoms. The number of hydrogen-bond acceptors (Lipinski definition) is 5. The van der Waals surface area contributed by atoms with Gasteiger partial charge in [-0.05, 0) is 30.2 Å². The predicted molar refractivity (Wildman–Crippen MR) is 95.8 cm³/mol. The molecule has 0 atom stereocenters. The van der Waals surface area contributed by atoms with E-state index in [-0.39, 0.29) is 10.5 Å². The smallest absolute Gasteiger partial charge is 0.337 e. The first-order chi connectivity index (χ1) is 12.3. The van der Waals surface area contributed by atoms with E-state index < -0.39 is 28.5 Å².